The van der Waals surface area contributed by atoms with Crippen molar-refractivity contribution in [1.82, 2.24) is 14.7 Å². The Bertz CT molecular complexity index is 426. The SMILES string of the molecule is CC(C)C1CN2CCCCC2CN1c1cnn(C)c1. The van der Waals surface area contributed by atoms with Gasteiger partial charge < -0.3 is 4.90 Å². The van der Waals surface area contributed by atoms with Gasteiger partial charge in [-0.15, -0.1) is 0 Å². The molecule has 3 rings (SSSR count). The van der Waals surface area contributed by atoms with Crippen LogP contribution in [0.25, 0.3) is 0 Å². The summed E-state index contributed by atoms with van der Waals surface area (Å²) < 4.78 is 1.92. The quantitative estimate of drug-likeness (QED) is 0.816. The van der Waals surface area contributed by atoms with Gasteiger partial charge in [0.1, 0.15) is 0 Å². The molecule has 1 aromatic rings. The van der Waals surface area contributed by atoms with E-state index in [0.717, 1.165) is 6.04 Å². The largest absolute Gasteiger partial charge is 0.363 e. The Labute approximate surface area is 116 Å². The van der Waals surface area contributed by atoms with Crippen LogP contribution in [0.4, 0.5) is 5.69 Å². The maximum Gasteiger partial charge on any atom is 0.0755 e. The predicted molar refractivity (Wildman–Crippen MR) is 78.4 cm³/mol. The van der Waals surface area contributed by atoms with Gasteiger partial charge in [0.15, 0.2) is 0 Å². The molecular formula is C15H26N4. The van der Waals surface area contributed by atoms with Gasteiger partial charge in [-0.3, -0.25) is 9.58 Å². The lowest BCUT2D eigenvalue weighted by Gasteiger charge is -2.50. The molecule has 4 heteroatoms. The second kappa shape index (κ2) is 5.16. The van der Waals surface area contributed by atoms with Crippen molar-refractivity contribution in [3.63, 3.8) is 0 Å². The van der Waals surface area contributed by atoms with Crippen LogP contribution in [0.5, 0.6) is 0 Å². The molecule has 0 aliphatic carbocycles. The summed E-state index contributed by atoms with van der Waals surface area (Å²) in [5, 5.41) is 4.35. The number of piperidine rings is 1. The van der Waals surface area contributed by atoms with Gasteiger partial charge in [0.25, 0.3) is 0 Å². The first kappa shape index (κ1) is 13.0. The minimum atomic E-state index is 0.624. The Morgan fingerprint density at radius 2 is 2.11 bits per heavy atom. The predicted octanol–water partition coefficient (Wildman–Crippen LogP) is 2.12. The van der Waals surface area contributed by atoms with Crippen molar-refractivity contribution < 1.29 is 0 Å². The summed E-state index contributed by atoms with van der Waals surface area (Å²) in [5.41, 5.74) is 1.30. The average molecular weight is 262 g/mol. The van der Waals surface area contributed by atoms with Crippen LogP contribution in [-0.2, 0) is 7.05 Å². The highest BCUT2D eigenvalue weighted by atomic mass is 15.3. The van der Waals surface area contributed by atoms with E-state index < -0.39 is 0 Å². The van der Waals surface area contributed by atoms with Crippen LogP contribution in [0.3, 0.4) is 0 Å². The second-order valence-corrected chi connectivity index (χ2v) is 6.48. The Morgan fingerprint density at radius 3 is 2.79 bits per heavy atom. The van der Waals surface area contributed by atoms with Crippen LogP contribution < -0.4 is 4.90 Å². The van der Waals surface area contributed by atoms with Gasteiger partial charge in [0.2, 0.25) is 0 Å². The van der Waals surface area contributed by atoms with Crippen LogP contribution >= 0.6 is 0 Å². The molecule has 2 aliphatic rings. The molecule has 2 aliphatic heterocycles. The van der Waals surface area contributed by atoms with Crippen LogP contribution in [0.15, 0.2) is 12.4 Å². The third-order valence-electron chi connectivity index (χ3n) is 4.77. The summed E-state index contributed by atoms with van der Waals surface area (Å²) in [6.07, 6.45) is 8.33. The molecule has 2 saturated heterocycles. The Hall–Kier alpha value is -1.03. The normalized spacial score (nSPS) is 28.7. The molecule has 0 saturated carbocycles. The molecule has 0 bridgehead atoms. The summed E-state index contributed by atoms with van der Waals surface area (Å²) in [4.78, 5) is 5.32. The zero-order valence-electron chi connectivity index (χ0n) is 12.4. The number of anilines is 1. The zero-order valence-corrected chi connectivity index (χ0v) is 12.4. The van der Waals surface area contributed by atoms with Crippen LogP contribution in [0, 0.1) is 5.92 Å². The molecule has 0 aromatic carbocycles. The van der Waals surface area contributed by atoms with Gasteiger partial charge in [-0.05, 0) is 25.3 Å². The highest BCUT2D eigenvalue weighted by Gasteiger charge is 2.36. The summed E-state index contributed by atoms with van der Waals surface area (Å²) in [5.74, 6) is 0.683. The molecule has 2 fully saturated rings. The lowest BCUT2D eigenvalue weighted by molar-refractivity contribution is 0.100. The van der Waals surface area contributed by atoms with Crippen molar-refractivity contribution in [1.29, 1.82) is 0 Å². The highest BCUT2D eigenvalue weighted by molar-refractivity contribution is 5.45. The third kappa shape index (κ3) is 2.50. The van der Waals surface area contributed by atoms with Crippen LogP contribution in [-0.4, -0.2) is 46.4 Å². The van der Waals surface area contributed by atoms with E-state index in [0.29, 0.717) is 12.0 Å². The van der Waals surface area contributed by atoms with Gasteiger partial charge >= 0.3 is 0 Å². The summed E-state index contributed by atoms with van der Waals surface area (Å²) in [6.45, 7) is 8.39. The van der Waals surface area contributed by atoms with Crippen molar-refractivity contribution in [2.45, 2.75) is 45.2 Å². The minimum Gasteiger partial charge on any atom is -0.363 e. The molecule has 4 nitrogen and oxygen atoms in total. The number of aryl methyl sites for hydroxylation is 1. The van der Waals surface area contributed by atoms with Gasteiger partial charge in [-0.2, -0.15) is 5.10 Å². The first-order chi connectivity index (χ1) is 9.15. The van der Waals surface area contributed by atoms with Crippen molar-refractivity contribution in [2.75, 3.05) is 24.5 Å². The Balaban J connectivity index is 1.83. The Morgan fingerprint density at radius 1 is 1.26 bits per heavy atom. The molecule has 19 heavy (non-hydrogen) atoms. The highest BCUT2D eigenvalue weighted by Crippen LogP contribution is 2.30. The zero-order chi connectivity index (χ0) is 13.4. The van der Waals surface area contributed by atoms with Crippen molar-refractivity contribution in [3.05, 3.63) is 12.4 Å². The molecule has 2 atom stereocenters. The van der Waals surface area contributed by atoms with E-state index in [1.165, 1.54) is 44.6 Å². The van der Waals surface area contributed by atoms with E-state index in [2.05, 4.69) is 34.9 Å². The van der Waals surface area contributed by atoms with E-state index in [-0.39, 0.29) is 0 Å². The topological polar surface area (TPSA) is 24.3 Å². The first-order valence-corrected chi connectivity index (χ1v) is 7.64. The molecule has 0 amide bonds. The molecule has 2 unspecified atom stereocenters. The number of fused-ring (bicyclic) bond motifs is 1. The van der Waals surface area contributed by atoms with Gasteiger partial charge in [-0.1, -0.05) is 20.3 Å². The Kier molecular flexibility index (Phi) is 3.52. The maximum atomic E-state index is 4.35. The van der Waals surface area contributed by atoms with Gasteiger partial charge in [0, 0.05) is 38.4 Å². The molecular weight excluding hydrogens is 236 g/mol. The minimum absolute atomic E-state index is 0.624. The van der Waals surface area contributed by atoms with E-state index >= 15 is 0 Å². The lowest BCUT2D eigenvalue weighted by Crippen LogP contribution is -2.61. The number of hydrogen-bond acceptors (Lipinski definition) is 3. The van der Waals surface area contributed by atoms with Crippen molar-refractivity contribution in [3.8, 4) is 0 Å². The number of rotatable bonds is 2. The maximum absolute atomic E-state index is 4.35. The second-order valence-electron chi connectivity index (χ2n) is 6.48. The first-order valence-electron chi connectivity index (χ1n) is 7.64. The smallest absolute Gasteiger partial charge is 0.0755 e. The van der Waals surface area contributed by atoms with Gasteiger partial charge in [-0.25, -0.2) is 0 Å². The fourth-order valence-electron chi connectivity index (χ4n) is 3.63. The fraction of sp³-hybridized carbons (Fsp3) is 0.800. The van der Waals surface area contributed by atoms with Crippen LogP contribution in [0.2, 0.25) is 0 Å². The number of piperazine rings is 1. The van der Waals surface area contributed by atoms with E-state index in [1.807, 2.05) is 17.9 Å². The number of aromatic nitrogens is 2. The van der Waals surface area contributed by atoms with Crippen molar-refractivity contribution in [2.24, 2.45) is 13.0 Å². The standard InChI is InChI=1S/C15H26N4/c1-12(2)15-11-18-7-5-4-6-13(18)10-19(15)14-8-16-17(3)9-14/h8-9,12-13,15H,4-7,10-11H2,1-3H3. The molecule has 3 heterocycles. The van der Waals surface area contributed by atoms with E-state index in [4.69, 9.17) is 0 Å². The molecule has 1 aromatic heterocycles. The third-order valence-corrected chi connectivity index (χ3v) is 4.77. The summed E-state index contributed by atoms with van der Waals surface area (Å²) in [7, 11) is 2.00. The fourth-order valence-corrected chi connectivity index (χ4v) is 3.63. The molecule has 0 radical (unpaired) electrons. The monoisotopic (exact) mass is 262 g/mol. The van der Waals surface area contributed by atoms with Gasteiger partial charge in [0.05, 0.1) is 11.9 Å². The average Bonchev–Trinajstić information content (AvgIpc) is 2.83. The number of hydrogen-bond donors (Lipinski definition) is 0. The van der Waals surface area contributed by atoms with E-state index in [1.54, 1.807) is 0 Å². The molecule has 106 valence electrons. The molecule has 0 spiro atoms. The molecule has 0 N–H and O–H groups in total. The summed E-state index contributed by atoms with van der Waals surface area (Å²) >= 11 is 0. The van der Waals surface area contributed by atoms with Crippen molar-refractivity contribution >= 4 is 5.69 Å². The lowest BCUT2D eigenvalue weighted by atomic mass is 9.92. The van der Waals surface area contributed by atoms with E-state index in [9.17, 15) is 0 Å². The summed E-state index contributed by atoms with van der Waals surface area (Å²) in [6, 6.07) is 1.38. The number of nitrogens with zero attached hydrogens (tertiary/aromatic N) is 4. The van der Waals surface area contributed by atoms with Crippen LogP contribution in [0.1, 0.15) is 33.1 Å².